The monoisotopic (exact) mass is 413 g/mol. The molecule has 3 rings (SSSR count). The Morgan fingerprint density at radius 3 is 2.79 bits per heavy atom. The third-order valence-electron chi connectivity index (χ3n) is 4.70. The first-order valence-electron chi connectivity index (χ1n) is 9.62. The molecule has 28 heavy (non-hydrogen) atoms. The van der Waals surface area contributed by atoms with Crippen LogP contribution < -0.4 is 15.5 Å². The highest BCUT2D eigenvalue weighted by Crippen LogP contribution is 2.27. The maximum absolute atomic E-state index is 11.9. The van der Waals surface area contributed by atoms with E-state index in [9.17, 15) is 4.79 Å². The first-order chi connectivity index (χ1) is 13.5. The van der Waals surface area contributed by atoms with Crippen LogP contribution in [0.1, 0.15) is 29.5 Å². The smallest absolute Gasteiger partial charge is 0.227 e. The minimum Gasteiger partial charge on any atom is -0.362 e. The van der Waals surface area contributed by atoms with Crippen LogP contribution in [0.3, 0.4) is 0 Å². The Morgan fingerprint density at radius 1 is 1.21 bits per heavy atom. The van der Waals surface area contributed by atoms with Gasteiger partial charge in [0.25, 0.3) is 0 Å². The van der Waals surface area contributed by atoms with Crippen molar-refractivity contribution < 1.29 is 4.79 Å². The van der Waals surface area contributed by atoms with E-state index < -0.39 is 0 Å². The molecular formula is C22H27N3OS2. The second-order valence-electron chi connectivity index (χ2n) is 7.07. The van der Waals surface area contributed by atoms with Gasteiger partial charge in [-0.15, -0.1) is 0 Å². The molecule has 1 saturated heterocycles. The summed E-state index contributed by atoms with van der Waals surface area (Å²) in [7, 11) is 0. The lowest BCUT2D eigenvalue weighted by molar-refractivity contribution is -0.117. The van der Waals surface area contributed by atoms with Gasteiger partial charge in [0.2, 0.25) is 5.91 Å². The number of carbonyl (C=O) groups excluding carboxylic acids is 1. The van der Waals surface area contributed by atoms with Crippen molar-refractivity contribution in [1.29, 1.82) is 0 Å². The maximum Gasteiger partial charge on any atom is 0.227 e. The largest absolute Gasteiger partial charge is 0.362 e. The summed E-state index contributed by atoms with van der Waals surface area (Å²) in [5.41, 5.74) is 5.68. The number of benzene rings is 2. The molecule has 0 aromatic heterocycles. The van der Waals surface area contributed by atoms with Crippen molar-refractivity contribution in [2.24, 2.45) is 0 Å². The summed E-state index contributed by atoms with van der Waals surface area (Å²) in [6.45, 7) is 5.79. The molecule has 0 atom stereocenters. The molecule has 0 spiro atoms. The predicted octanol–water partition coefficient (Wildman–Crippen LogP) is 4.65. The quantitative estimate of drug-likeness (QED) is 0.511. The van der Waals surface area contributed by atoms with Gasteiger partial charge in [-0.25, -0.2) is 0 Å². The van der Waals surface area contributed by atoms with Crippen LogP contribution in [-0.4, -0.2) is 29.9 Å². The van der Waals surface area contributed by atoms with Crippen LogP contribution in [0.2, 0.25) is 0 Å². The fourth-order valence-corrected chi connectivity index (χ4v) is 4.37. The zero-order valence-electron chi connectivity index (χ0n) is 16.5. The summed E-state index contributed by atoms with van der Waals surface area (Å²) in [5.74, 6) is 2.22. The van der Waals surface area contributed by atoms with Gasteiger partial charge in [-0.05, 0) is 61.8 Å². The Kier molecular flexibility index (Phi) is 7.34. The van der Waals surface area contributed by atoms with Crippen molar-refractivity contribution >= 4 is 46.4 Å². The number of hydrogen-bond acceptors (Lipinski definition) is 3. The van der Waals surface area contributed by atoms with E-state index >= 15 is 0 Å². The highest BCUT2D eigenvalue weighted by Gasteiger charge is 2.22. The Morgan fingerprint density at radius 2 is 2.07 bits per heavy atom. The lowest BCUT2D eigenvalue weighted by Gasteiger charge is -2.19. The van der Waals surface area contributed by atoms with Crippen LogP contribution in [0.15, 0.2) is 42.5 Å². The first kappa shape index (κ1) is 20.7. The summed E-state index contributed by atoms with van der Waals surface area (Å²) in [5, 5.41) is 7.12. The summed E-state index contributed by atoms with van der Waals surface area (Å²) >= 11 is 7.30. The van der Waals surface area contributed by atoms with Crippen LogP contribution in [0.5, 0.6) is 0 Å². The Balaban J connectivity index is 1.41. The van der Waals surface area contributed by atoms with E-state index in [1.807, 2.05) is 41.8 Å². The van der Waals surface area contributed by atoms with Crippen LogP contribution >= 0.6 is 24.0 Å². The maximum atomic E-state index is 11.9. The Bertz CT molecular complexity index is 853. The van der Waals surface area contributed by atoms with Gasteiger partial charge in [0.05, 0.1) is 0 Å². The molecule has 0 saturated carbocycles. The SMILES string of the molecule is Cc1cccc(CSCCNC(=S)Nc2ccc(N3CCCC3=O)c(C)c2)c1. The molecule has 1 amide bonds. The Labute approximate surface area is 177 Å². The highest BCUT2D eigenvalue weighted by atomic mass is 32.2. The van der Waals surface area contributed by atoms with Crippen molar-refractivity contribution in [2.75, 3.05) is 29.1 Å². The van der Waals surface area contributed by atoms with Gasteiger partial charge in [-0.1, -0.05) is 29.8 Å². The number of carbonyl (C=O) groups is 1. The van der Waals surface area contributed by atoms with E-state index in [0.29, 0.717) is 11.5 Å². The van der Waals surface area contributed by atoms with Gasteiger partial charge in [0.15, 0.2) is 5.11 Å². The average Bonchev–Trinajstić information content (AvgIpc) is 3.07. The summed E-state index contributed by atoms with van der Waals surface area (Å²) in [6.07, 6.45) is 1.59. The molecule has 1 aliphatic heterocycles. The first-order valence-corrected chi connectivity index (χ1v) is 11.2. The van der Waals surface area contributed by atoms with E-state index in [1.165, 1.54) is 11.1 Å². The molecule has 1 fully saturated rings. The molecule has 1 heterocycles. The van der Waals surface area contributed by atoms with E-state index in [-0.39, 0.29) is 5.91 Å². The molecule has 4 nitrogen and oxygen atoms in total. The lowest BCUT2D eigenvalue weighted by Crippen LogP contribution is -2.30. The van der Waals surface area contributed by atoms with Crippen molar-refractivity contribution in [3.63, 3.8) is 0 Å². The van der Waals surface area contributed by atoms with Crippen LogP contribution in [-0.2, 0) is 10.5 Å². The molecule has 0 radical (unpaired) electrons. The third-order valence-corrected chi connectivity index (χ3v) is 5.98. The number of nitrogens with zero attached hydrogens (tertiary/aromatic N) is 1. The van der Waals surface area contributed by atoms with Crippen LogP contribution in [0.25, 0.3) is 0 Å². The second kappa shape index (κ2) is 9.94. The summed E-state index contributed by atoms with van der Waals surface area (Å²) in [4.78, 5) is 13.8. The number of anilines is 2. The number of amides is 1. The van der Waals surface area contributed by atoms with E-state index in [4.69, 9.17) is 12.2 Å². The molecule has 2 N–H and O–H groups in total. The van der Waals surface area contributed by atoms with Crippen molar-refractivity contribution in [3.8, 4) is 0 Å². The molecule has 2 aromatic carbocycles. The van der Waals surface area contributed by atoms with Gasteiger partial charge in [0, 0.05) is 42.4 Å². The van der Waals surface area contributed by atoms with Crippen molar-refractivity contribution in [1.82, 2.24) is 5.32 Å². The number of nitrogens with one attached hydrogen (secondary N) is 2. The second-order valence-corrected chi connectivity index (χ2v) is 8.59. The minimum atomic E-state index is 0.212. The number of thioether (sulfide) groups is 1. The number of hydrogen-bond donors (Lipinski definition) is 2. The fourth-order valence-electron chi connectivity index (χ4n) is 3.34. The van der Waals surface area contributed by atoms with Gasteiger partial charge in [-0.3, -0.25) is 4.79 Å². The molecule has 148 valence electrons. The average molecular weight is 414 g/mol. The summed E-state index contributed by atoms with van der Waals surface area (Å²) < 4.78 is 0. The molecule has 0 unspecified atom stereocenters. The van der Waals surface area contributed by atoms with Crippen molar-refractivity contribution in [2.45, 2.75) is 32.4 Å². The molecule has 6 heteroatoms. The standard InChI is InChI=1S/C22H27N3OS2/c1-16-5-3-6-18(13-16)15-28-12-10-23-22(27)24-19-8-9-20(17(2)14-19)25-11-4-7-21(25)26/h3,5-6,8-9,13-14H,4,7,10-12,15H2,1-2H3,(H2,23,24,27). The minimum absolute atomic E-state index is 0.212. The fraction of sp³-hybridized carbons (Fsp3) is 0.364. The molecule has 0 bridgehead atoms. The number of aryl methyl sites for hydroxylation is 2. The topological polar surface area (TPSA) is 44.4 Å². The normalized spacial score (nSPS) is 13.6. The van der Waals surface area contributed by atoms with Gasteiger partial charge < -0.3 is 15.5 Å². The predicted molar refractivity (Wildman–Crippen MR) is 124 cm³/mol. The van der Waals surface area contributed by atoms with Gasteiger partial charge in [0.1, 0.15) is 0 Å². The zero-order chi connectivity index (χ0) is 19.9. The van der Waals surface area contributed by atoms with E-state index in [1.54, 1.807) is 0 Å². The highest BCUT2D eigenvalue weighted by molar-refractivity contribution is 7.98. The zero-order valence-corrected chi connectivity index (χ0v) is 18.1. The molecule has 2 aromatic rings. The lowest BCUT2D eigenvalue weighted by atomic mass is 10.1. The van der Waals surface area contributed by atoms with Crippen LogP contribution in [0.4, 0.5) is 11.4 Å². The van der Waals surface area contributed by atoms with E-state index in [0.717, 1.165) is 48.0 Å². The van der Waals surface area contributed by atoms with Crippen LogP contribution in [0, 0.1) is 13.8 Å². The Hall–Kier alpha value is -2.05. The van der Waals surface area contributed by atoms with Crippen molar-refractivity contribution in [3.05, 3.63) is 59.2 Å². The van der Waals surface area contributed by atoms with E-state index in [2.05, 4.69) is 41.8 Å². The van der Waals surface area contributed by atoms with Gasteiger partial charge in [-0.2, -0.15) is 11.8 Å². The molecular weight excluding hydrogens is 386 g/mol. The van der Waals surface area contributed by atoms with Gasteiger partial charge >= 0.3 is 0 Å². The number of rotatable bonds is 7. The molecule has 1 aliphatic rings. The number of thiocarbonyl (C=S) groups is 1. The third kappa shape index (κ3) is 5.72. The summed E-state index contributed by atoms with van der Waals surface area (Å²) in [6, 6.07) is 14.7. The molecule has 0 aliphatic carbocycles.